The van der Waals surface area contributed by atoms with Crippen LogP contribution in [0.5, 0.6) is 0 Å². The van der Waals surface area contributed by atoms with Crippen LogP contribution in [0.3, 0.4) is 0 Å². The Hall–Kier alpha value is -2.33. The fraction of sp³-hybridized carbons (Fsp3) is 0.429. The van der Waals surface area contributed by atoms with Crippen molar-refractivity contribution in [1.29, 1.82) is 0 Å². The molecular formula is C14H19N4O7P. The van der Waals surface area contributed by atoms with Crippen molar-refractivity contribution >= 4 is 24.3 Å². The van der Waals surface area contributed by atoms with Gasteiger partial charge in [-0.25, -0.2) is 0 Å². The van der Waals surface area contributed by atoms with Crippen LogP contribution >= 0.6 is 7.60 Å². The van der Waals surface area contributed by atoms with Crippen LogP contribution in [-0.2, 0) is 11.1 Å². The van der Waals surface area contributed by atoms with Crippen molar-refractivity contribution in [2.24, 2.45) is 5.92 Å². The number of nitrogens with one attached hydrogen (secondary N) is 3. The number of non-ortho nitro benzene ring substituents is 1. The Balaban J connectivity index is 2.48. The molecule has 0 saturated carbocycles. The molecule has 12 heteroatoms. The largest absolute Gasteiger partial charge is 0.342 e. The number of hydrogen-bond donors (Lipinski definition) is 5. The van der Waals surface area contributed by atoms with Gasteiger partial charge in [-0.2, -0.15) is 0 Å². The summed E-state index contributed by atoms with van der Waals surface area (Å²) in [5.74, 6) is -1.15. The van der Waals surface area contributed by atoms with Crippen LogP contribution in [-0.4, -0.2) is 30.5 Å². The van der Waals surface area contributed by atoms with Crippen molar-refractivity contribution in [1.82, 2.24) is 15.3 Å². The fourth-order valence-corrected chi connectivity index (χ4v) is 3.57. The highest BCUT2D eigenvalue weighted by molar-refractivity contribution is 7.52. The molecule has 2 rings (SSSR count). The molecule has 0 amide bonds. The highest BCUT2D eigenvalue weighted by atomic mass is 31.2. The highest BCUT2D eigenvalue weighted by Gasteiger charge is 2.29. The third kappa shape index (κ3) is 4.64. The Labute approximate surface area is 146 Å². The van der Waals surface area contributed by atoms with Gasteiger partial charge in [0.1, 0.15) is 5.78 Å². The SMILES string of the molecule is CC(C)CC(NCc1cc([N+](=O)[O-])cc2[nH]c(=O)c(=O)[nH]c12)P(=O)(O)O. The van der Waals surface area contributed by atoms with Gasteiger partial charge in [0.15, 0.2) is 0 Å². The van der Waals surface area contributed by atoms with Crippen molar-refractivity contribution in [3.63, 3.8) is 0 Å². The molecule has 0 radical (unpaired) electrons. The van der Waals surface area contributed by atoms with Gasteiger partial charge in [0, 0.05) is 18.7 Å². The molecule has 142 valence electrons. The third-order valence-electron chi connectivity index (χ3n) is 3.74. The van der Waals surface area contributed by atoms with E-state index >= 15 is 0 Å². The number of H-pyrrole nitrogens is 2. The summed E-state index contributed by atoms with van der Waals surface area (Å²) in [5, 5.41) is 13.8. The summed E-state index contributed by atoms with van der Waals surface area (Å²) >= 11 is 0. The lowest BCUT2D eigenvalue weighted by Crippen LogP contribution is -2.31. The Morgan fingerprint density at radius 2 is 1.85 bits per heavy atom. The van der Waals surface area contributed by atoms with E-state index in [4.69, 9.17) is 0 Å². The molecule has 2 aromatic rings. The first-order valence-electron chi connectivity index (χ1n) is 7.71. The average Bonchev–Trinajstić information content (AvgIpc) is 2.50. The maximum Gasteiger partial charge on any atom is 0.342 e. The molecule has 5 N–H and O–H groups in total. The maximum atomic E-state index is 11.6. The second-order valence-electron chi connectivity index (χ2n) is 6.31. The maximum absolute atomic E-state index is 11.6. The number of benzene rings is 1. The van der Waals surface area contributed by atoms with Crippen molar-refractivity contribution in [2.45, 2.75) is 32.6 Å². The predicted octanol–water partition coefficient (Wildman–Crippen LogP) is 0.764. The quantitative estimate of drug-likeness (QED) is 0.200. The molecule has 26 heavy (non-hydrogen) atoms. The van der Waals surface area contributed by atoms with Crippen molar-refractivity contribution in [3.05, 3.63) is 48.5 Å². The van der Waals surface area contributed by atoms with Gasteiger partial charge < -0.3 is 19.8 Å². The molecule has 0 fully saturated rings. The van der Waals surface area contributed by atoms with E-state index in [9.17, 15) is 34.1 Å². The molecule has 0 aliphatic carbocycles. The first-order valence-corrected chi connectivity index (χ1v) is 9.39. The minimum atomic E-state index is -4.45. The van der Waals surface area contributed by atoms with Gasteiger partial charge in [0.25, 0.3) is 5.69 Å². The van der Waals surface area contributed by atoms with Gasteiger partial charge >= 0.3 is 18.7 Å². The van der Waals surface area contributed by atoms with Gasteiger partial charge in [0.05, 0.1) is 16.0 Å². The van der Waals surface area contributed by atoms with E-state index in [0.717, 1.165) is 6.07 Å². The van der Waals surface area contributed by atoms with Gasteiger partial charge in [-0.15, -0.1) is 0 Å². The minimum Gasteiger partial charge on any atom is -0.323 e. The summed E-state index contributed by atoms with van der Waals surface area (Å²) in [6, 6.07) is 2.28. The average molecular weight is 386 g/mol. The molecule has 0 saturated heterocycles. The first kappa shape index (κ1) is 20.0. The Morgan fingerprint density at radius 3 is 2.38 bits per heavy atom. The van der Waals surface area contributed by atoms with Crippen LogP contribution in [0.2, 0.25) is 0 Å². The molecule has 11 nitrogen and oxygen atoms in total. The number of aromatic nitrogens is 2. The van der Waals surface area contributed by atoms with Crippen LogP contribution < -0.4 is 16.4 Å². The van der Waals surface area contributed by atoms with Crippen molar-refractivity contribution < 1.29 is 19.3 Å². The van der Waals surface area contributed by atoms with Gasteiger partial charge in [-0.3, -0.25) is 29.6 Å². The lowest BCUT2D eigenvalue weighted by molar-refractivity contribution is -0.384. The zero-order valence-electron chi connectivity index (χ0n) is 14.1. The number of aromatic amines is 2. The van der Waals surface area contributed by atoms with Crippen LogP contribution in [0.15, 0.2) is 21.7 Å². The zero-order chi connectivity index (χ0) is 19.6. The van der Waals surface area contributed by atoms with E-state index in [1.807, 2.05) is 0 Å². The molecule has 1 unspecified atom stereocenters. The Kier molecular flexibility index (Phi) is 5.77. The summed E-state index contributed by atoms with van der Waals surface area (Å²) in [6.45, 7) is 3.45. The third-order valence-corrected chi connectivity index (χ3v) is 4.94. The molecule has 0 aliphatic rings. The first-order chi connectivity index (χ1) is 12.0. The smallest absolute Gasteiger partial charge is 0.323 e. The number of rotatable bonds is 7. The van der Waals surface area contributed by atoms with Gasteiger partial charge in [-0.05, 0) is 17.9 Å². The van der Waals surface area contributed by atoms with E-state index in [-0.39, 0.29) is 41.2 Å². The van der Waals surface area contributed by atoms with E-state index in [2.05, 4.69) is 15.3 Å². The molecule has 0 spiro atoms. The molecule has 0 aliphatic heterocycles. The summed E-state index contributed by atoms with van der Waals surface area (Å²) in [5.41, 5.74) is -1.77. The Morgan fingerprint density at radius 1 is 1.23 bits per heavy atom. The molecule has 1 aromatic heterocycles. The Bertz CT molecular complexity index is 991. The normalized spacial score (nSPS) is 13.3. The number of nitrogens with zero attached hydrogens (tertiary/aromatic N) is 1. The van der Waals surface area contributed by atoms with Gasteiger partial charge in [0.2, 0.25) is 0 Å². The number of fused-ring (bicyclic) bond motifs is 1. The van der Waals surface area contributed by atoms with E-state index in [0.29, 0.717) is 0 Å². The van der Waals surface area contributed by atoms with Crippen LogP contribution in [0.25, 0.3) is 11.0 Å². The summed E-state index contributed by atoms with van der Waals surface area (Å²) in [7, 11) is -4.45. The predicted molar refractivity (Wildman–Crippen MR) is 94.0 cm³/mol. The van der Waals surface area contributed by atoms with Gasteiger partial charge in [-0.1, -0.05) is 13.8 Å². The summed E-state index contributed by atoms with van der Waals surface area (Å²) in [4.78, 5) is 57.0. The van der Waals surface area contributed by atoms with E-state index in [1.54, 1.807) is 13.8 Å². The zero-order valence-corrected chi connectivity index (χ0v) is 14.9. The van der Waals surface area contributed by atoms with Crippen LogP contribution in [0, 0.1) is 16.0 Å². The molecular weight excluding hydrogens is 367 g/mol. The number of nitro benzene ring substituents is 1. The molecule has 0 bridgehead atoms. The standard InChI is InChI=1S/C14H19N4O7P/c1-7(2)3-11(26(23,24)25)15-6-8-4-9(18(21)22)5-10-12(8)17-14(20)13(19)16-10/h4-5,7,11,15H,3,6H2,1-2H3,(H,16,19)(H,17,20)(H2,23,24,25). The number of nitro groups is 1. The molecule has 1 heterocycles. The lowest BCUT2D eigenvalue weighted by Gasteiger charge is -2.22. The monoisotopic (exact) mass is 386 g/mol. The second-order valence-corrected chi connectivity index (χ2v) is 8.11. The van der Waals surface area contributed by atoms with Crippen molar-refractivity contribution in [3.8, 4) is 0 Å². The minimum absolute atomic E-state index is 0.00172. The molecule has 1 aromatic carbocycles. The van der Waals surface area contributed by atoms with Crippen LogP contribution in [0.1, 0.15) is 25.8 Å². The summed E-state index contributed by atoms with van der Waals surface area (Å²) < 4.78 is 11.6. The second kappa shape index (κ2) is 7.50. The summed E-state index contributed by atoms with van der Waals surface area (Å²) in [6.07, 6.45) is 0.185. The highest BCUT2D eigenvalue weighted by Crippen LogP contribution is 2.42. The number of hydrogen-bond acceptors (Lipinski definition) is 6. The lowest BCUT2D eigenvalue weighted by atomic mass is 10.1. The van der Waals surface area contributed by atoms with Crippen molar-refractivity contribution in [2.75, 3.05) is 0 Å². The topological polar surface area (TPSA) is 178 Å². The fourth-order valence-electron chi connectivity index (χ4n) is 2.54. The molecule has 1 atom stereocenters. The van der Waals surface area contributed by atoms with E-state index in [1.165, 1.54) is 6.07 Å². The van der Waals surface area contributed by atoms with Crippen LogP contribution in [0.4, 0.5) is 5.69 Å². The van der Waals surface area contributed by atoms with E-state index < -0.39 is 29.4 Å².